The van der Waals surface area contributed by atoms with Crippen molar-refractivity contribution >= 4 is 11.9 Å². The summed E-state index contributed by atoms with van der Waals surface area (Å²) in [6.07, 6.45) is 2.69. The molecule has 1 unspecified atom stereocenters. The van der Waals surface area contributed by atoms with Crippen LogP contribution >= 0.6 is 0 Å². The van der Waals surface area contributed by atoms with E-state index in [1.54, 1.807) is 7.05 Å². The van der Waals surface area contributed by atoms with Gasteiger partial charge in [-0.15, -0.1) is 0 Å². The highest BCUT2D eigenvalue weighted by Gasteiger charge is 2.23. The Kier molecular flexibility index (Phi) is 9.11. The molecule has 1 amide bonds. The number of ether oxygens (including phenoxy) is 1. The molecule has 0 radical (unpaired) electrons. The molecule has 1 aromatic rings. The average molecular weight is 375 g/mol. The molecule has 1 saturated heterocycles. The summed E-state index contributed by atoms with van der Waals surface area (Å²) < 4.78 is 5.82. The highest BCUT2D eigenvalue weighted by molar-refractivity contribution is 5.80. The van der Waals surface area contributed by atoms with Crippen LogP contribution in [-0.4, -0.2) is 57.1 Å². The number of benzene rings is 1. The van der Waals surface area contributed by atoms with Crippen molar-refractivity contribution < 1.29 is 9.53 Å². The number of nitrogens with one attached hydrogen (secondary N) is 2. The maximum absolute atomic E-state index is 11.5. The fourth-order valence-electron chi connectivity index (χ4n) is 3.32. The summed E-state index contributed by atoms with van der Waals surface area (Å²) in [5.74, 6) is 1.96. The summed E-state index contributed by atoms with van der Waals surface area (Å²) in [7, 11) is 3.53. The largest absolute Gasteiger partial charge is 0.376 e. The summed E-state index contributed by atoms with van der Waals surface area (Å²) in [5.41, 5.74) is 1.20. The molecular weight excluding hydrogens is 340 g/mol. The van der Waals surface area contributed by atoms with Crippen molar-refractivity contribution in [1.29, 1.82) is 0 Å². The predicted molar refractivity (Wildman–Crippen MR) is 110 cm³/mol. The first kappa shape index (κ1) is 21.2. The first-order valence-electron chi connectivity index (χ1n) is 9.90. The van der Waals surface area contributed by atoms with Gasteiger partial charge in [0.2, 0.25) is 5.91 Å². The zero-order valence-electron chi connectivity index (χ0n) is 16.9. The molecule has 27 heavy (non-hydrogen) atoms. The van der Waals surface area contributed by atoms with Crippen LogP contribution in [0.2, 0.25) is 0 Å². The summed E-state index contributed by atoms with van der Waals surface area (Å²) in [6, 6.07) is 10.2. The van der Waals surface area contributed by atoms with Crippen molar-refractivity contribution in [2.24, 2.45) is 16.8 Å². The van der Waals surface area contributed by atoms with Crippen molar-refractivity contribution in [2.75, 3.05) is 40.3 Å². The Bertz CT molecular complexity index is 583. The van der Waals surface area contributed by atoms with Crippen LogP contribution in [0.1, 0.15) is 31.7 Å². The van der Waals surface area contributed by atoms with Crippen LogP contribution in [0.4, 0.5) is 0 Å². The molecule has 2 N–H and O–H groups in total. The van der Waals surface area contributed by atoms with E-state index in [4.69, 9.17) is 4.74 Å². The lowest BCUT2D eigenvalue weighted by atomic mass is 9.93. The van der Waals surface area contributed by atoms with E-state index in [1.165, 1.54) is 5.56 Å². The fourth-order valence-corrected chi connectivity index (χ4v) is 3.32. The molecule has 0 saturated carbocycles. The Hall–Kier alpha value is -2.08. The molecule has 1 atom stereocenters. The van der Waals surface area contributed by atoms with Gasteiger partial charge in [0.15, 0.2) is 5.96 Å². The number of nitrogens with zero attached hydrogens (tertiary/aromatic N) is 2. The van der Waals surface area contributed by atoms with Gasteiger partial charge in [-0.25, -0.2) is 0 Å². The third-order valence-electron chi connectivity index (χ3n) is 5.00. The molecule has 0 aromatic heterocycles. The lowest BCUT2D eigenvalue weighted by Crippen LogP contribution is -2.47. The van der Waals surface area contributed by atoms with E-state index in [-0.39, 0.29) is 5.91 Å². The molecule has 6 heteroatoms. The van der Waals surface area contributed by atoms with Crippen LogP contribution in [0.5, 0.6) is 0 Å². The quantitative estimate of drug-likeness (QED) is 0.541. The number of guanidine groups is 1. The molecule has 0 bridgehead atoms. The Morgan fingerprint density at radius 2 is 2.00 bits per heavy atom. The number of likely N-dealkylation sites (tertiary alicyclic amines) is 1. The molecule has 1 aromatic carbocycles. The standard InChI is InChI=1S/C21H34N4O2/c1-17(15-27-16-19-7-5-4-6-8-19)14-24-21(23-3)25-11-9-18(10-12-25)13-20(26)22-2/h4-8,17-18H,9-16H2,1-3H3,(H,22,26)(H,23,24). The van der Waals surface area contributed by atoms with Gasteiger partial charge in [0.25, 0.3) is 0 Å². The van der Waals surface area contributed by atoms with Crippen LogP contribution in [0, 0.1) is 11.8 Å². The van der Waals surface area contributed by atoms with Gasteiger partial charge in [0, 0.05) is 40.2 Å². The molecule has 1 aliphatic rings. The number of hydrogen-bond donors (Lipinski definition) is 2. The van der Waals surface area contributed by atoms with Crippen molar-refractivity contribution in [1.82, 2.24) is 15.5 Å². The number of hydrogen-bond acceptors (Lipinski definition) is 3. The first-order valence-corrected chi connectivity index (χ1v) is 9.90. The normalized spacial score (nSPS) is 16.9. The predicted octanol–water partition coefficient (Wildman–Crippen LogP) is 2.26. The molecule has 0 aliphatic carbocycles. The summed E-state index contributed by atoms with van der Waals surface area (Å²) >= 11 is 0. The van der Waals surface area contributed by atoms with Gasteiger partial charge in [0.05, 0.1) is 13.2 Å². The zero-order valence-corrected chi connectivity index (χ0v) is 16.9. The van der Waals surface area contributed by atoms with E-state index in [9.17, 15) is 4.79 Å². The Labute approximate surface area is 163 Å². The summed E-state index contributed by atoms with van der Waals surface area (Å²) in [6.45, 7) is 6.27. The van der Waals surface area contributed by atoms with E-state index in [0.717, 1.165) is 38.4 Å². The molecule has 0 spiro atoms. The van der Waals surface area contributed by atoms with E-state index in [0.29, 0.717) is 31.5 Å². The van der Waals surface area contributed by atoms with Crippen molar-refractivity contribution in [3.8, 4) is 0 Å². The molecule has 1 heterocycles. The highest BCUT2D eigenvalue weighted by Crippen LogP contribution is 2.20. The first-order chi connectivity index (χ1) is 13.1. The topological polar surface area (TPSA) is 66.0 Å². The van der Waals surface area contributed by atoms with E-state index in [2.05, 4.69) is 39.6 Å². The molecule has 2 rings (SSSR count). The Morgan fingerprint density at radius 1 is 1.30 bits per heavy atom. The van der Waals surface area contributed by atoms with Crippen molar-refractivity contribution in [3.05, 3.63) is 35.9 Å². The Morgan fingerprint density at radius 3 is 2.63 bits per heavy atom. The van der Waals surface area contributed by atoms with Crippen LogP contribution in [0.25, 0.3) is 0 Å². The highest BCUT2D eigenvalue weighted by atomic mass is 16.5. The Balaban J connectivity index is 1.65. The minimum absolute atomic E-state index is 0.139. The number of piperidine rings is 1. The van der Waals surface area contributed by atoms with Gasteiger partial charge < -0.3 is 20.3 Å². The third kappa shape index (κ3) is 7.59. The molecular formula is C21H34N4O2. The maximum atomic E-state index is 11.5. The van der Waals surface area contributed by atoms with Gasteiger partial charge in [-0.1, -0.05) is 37.3 Å². The number of carbonyl (C=O) groups is 1. The second kappa shape index (κ2) is 11.6. The van der Waals surface area contributed by atoms with Gasteiger partial charge in [0.1, 0.15) is 0 Å². The second-order valence-corrected chi connectivity index (χ2v) is 7.34. The molecule has 1 aliphatic heterocycles. The van der Waals surface area contributed by atoms with Crippen LogP contribution in [0.3, 0.4) is 0 Å². The maximum Gasteiger partial charge on any atom is 0.220 e. The molecule has 6 nitrogen and oxygen atoms in total. The van der Waals surface area contributed by atoms with Crippen LogP contribution in [0.15, 0.2) is 35.3 Å². The number of amides is 1. The number of carbonyl (C=O) groups excluding carboxylic acids is 1. The van der Waals surface area contributed by atoms with Crippen LogP contribution in [-0.2, 0) is 16.1 Å². The monoisotopic (exact) mass is 374 g/mol. The van der Waals surface area contributed by atoms with Gasteiger partial charge >= 0.3 is 0 Å². The molecule has 150 valence electrons. The van der Waals surface area contributed by atoms with Gasteiger partial charge in [-0.2, -0.15) is 0 Å². The minimum atomic E-state index is 0.139. The minimum Gasteiger partial charge on any atom is -0.376 e. The van der Waals surface area contributed by atoms with E-state index >= 15 is 0 Å². The average Bonchev–Trinajstić information content (AvgIpc) is 2.70. The summed E-state index contributed by atoms with van der Waals surface area (Å²) in [5, 5.41) is 6.19. The number of aliphatic imine (C=N–C) groups is 1. The zero-order chi connectivity index (χ0) is 19.5. The van der Waals surface area contributed by atoms with Crippen molar-refractivity contribution in [2.45, 2.75) is 32.8 Å². The second-order valence-electron chi connectivity index (χ2n) is 7.34. The fraction of sp³-hybridized carbons (Fsp3) is 0.619. The van der Waals surface area contributed by atoms with Gasteiger partial charge in [-0.3, -0.25) is 9.79 Å². The van der Waals surface area contributed by atoms with E-state index < -0.39 is 0 Å². The van der Waals surface area contributed by atoms with Crippen molar-refractivity contribution in [3.63, 3.8) is 0 Å². The van der Waals surface area contributed by atoms with Gasteiger partial charge in [-0.05, 0) is 30.2 Å². The SMILES string of the molecule is CN=C(NCC(C)COCc1ccccc1)N1CCC(CC(=O)NC)CC1. The molecule has 1 fully saturated rings. The summed E-state index contributed by atoms with van der Waals surface area (Å²) in [4.78, 5) is 18.2. The van der Waals surface area contributed by atoms with E-state index in [1.807, 2.05) is 25.2 Å². The lowest BCUT2D eigenvalue weighted by molar-refractivity contribution is -0.121. The third-order valence-corrected chi connectivity index (χ3v) is 5.00. The number of rotatable bonds is 8. The smallest absolute Gasteiger partial charge is 0.220 e. The lowest BCUT2D eigenvalue weighted by Gasteiger charge is -2.34. The van der Waals surface area contributed by atoms with Crippen LogP contribution < -0.4 is 10.6 Å².